The summed E-state index contributed by atoms with van der Waals surface area (Å²) in [6.07, 6.45) is 2.88. The molecule has 0 bridgehead atoms. The number of piperazine rings is 1. The molecule has 31 heavy (non-hydrogen) atoms. The van der Waals surface area contributed by atoms with Crippen molar-refractivity contribution in [1.82, 2.24) is 35.4 Å². The third-order valence-electron chi connectivity index (χ3n) is 5.37. The zero-order valence-electron chi connectivity index (χ0n) is 17.8. The van der Waals surface area contributed by atoms with E-state index in [1.807, 2.05) is 42.6 Å². The zero-order chi connectivity index (χ0) is 21.5. The Bertz CT molecular complexity index is 982. The van der Waals surface area contributed by atoms with E-state index in [9.17, 15) is 4.79 Å². The van der Waals surface area contributed by atoms with E-state index in [1.54, 1.807) is 4.80 Å². The van der Waals surface area contributed by atoms with Gasteiger partial charge in [0.05, 0.1) is 6.54 Å². The minimum Gasteiger partial charge on any atom is -0.354 e. The molecule has 1 fully saturated rings. The highest BCUT2D eigenvalue weighted by atomic mass is 16.1. The van der Waals surface area contributed by atoms with Gasteiger partial charge in [-0.05, 0) is 36.4 Å². The summed E-state index contributed by atoms with van der Waals surface area (Å²) >= 11 is 0. The summed E-state index contributed by atoms with van der Waals surface area (Å²) in [4.78, 5) is 22.9. The number of amides is 1. The largest absolute Gasteiger partial charge is 0.354 e. The van der Waals surface area contributed by atoms with Crippen LogP contribution in [-0.4, -0.2) is 69.2 Å². The molecule has 1 saturated heterocycles. The van der Waals surface area contributed by atoms with E-state index in [2.05, 4.69) is 48.6 Å². The first-order valence-corrected chi connectivity index (χ1v) is 10.7. The van der Waals surface area contributed by atoms with Crippen LogP contribution in [0.25, 0.3) is 11.4 Å². The van der Waals surface area contributed by atoms with Gasteiger partial charge in [0.1, 0.15) is 5.82 Å². The fourth-order valence-corrected chi connectivity index (χ4v) is 3.49. The highest BCUT2D eigenvalue weighted by molar-refractivity contribution is 5.75. The Balaban J connectivity index is 1.20. The molecule has 0 saturated carbocycles. The number of carbonyl (C=O) groups is 1. The predicted octanol–water partition coefficient (Wildman–Crippen LogP) is 1.58. The first-order valence-electron chi connectivity index (χ1n) is 10.7. The van der Waals surface area contributed by atoms with E-state index >= 15 is 0 Å². The van der Waals surface area contributed by atoms with Gasteiger partial charge in [-0.15, -0.1) is 10.2 Å². The number of hydrogen-bond donors (Lipinski definition) is 1. The predicted molar refractivity (Wildman–Crippen MR) is 118 cm³/mol. The zero-order valence-corrected chi connectivity index (χ0v) is 17.8. The number of rotatable bonds is 8. The number of aryl methyl sites for hydroxylation is 1. The summed E-state index contributed by atoms with van der Waals surface area (Å²) < 4.78 is 0. The maximum atomic E-state index is 12.2. The van der Waals surface area contributed by atoms with Crippen LogP contribution in [0.5, 0.6) is 0 Å². The normalized spacial score (nSPS) is 14.5. The molecule has 4 rings (SSSR count). The third kappa shape index (κ3) is 5.85. The van der Waals surface area contributed by atoms with E-state index in [4.69, 9.17) is 0 Å². The Morgan fingerprint density at radius 1 is 1.10 bits per heavy atom. The van der Waals surface area contributed by atoms with Crippen molar-refractivity contribution in [1.29, 1.82) is 0 Å². The Labute approximate surface area is 182 Å². The van der Waals surface area contributed by atoms with Gasteiger partial charge in [-0.25, -0.2) is 4.98 Å². The number of nitrogens with zero attached hydrogens (tertiary/aromatic N) is 7. The molecular formula is C22H28N8O. The molecule has 1 aliphatic heterocycles. The number of likely N-dealkylation sites (N-methyl/N-ethyl adjacent to an activating group) is 1. The number of aromatic nitrogens is 5. The van der Waals surface area contributed by atoms with Crippen LogP contribution in [0, 0.1) is 0 Å². The molecule has 0 radical (unpaired) electrons. The van der Waals surface area contributed by atoms with Crippen molar-refractivity contribution >= 4 is 11.7 Å². The number of hydrogen-bond acceptors (Lipinski definition) is 7. The second-order valence-corrected chi connectivity index (χ2v) is 7.77. The second-order valence-electron chi connectivity index (χ2n) is 7.77. The van der Waals surface area contributed by atoms with Crippen LogP contribution in [0.4, 0.5) is 5.82 Å². The smallest absolute Gasteiger partial charge is 0.220 e. The fraction of sp³-hybridized carbons (Fsp3) is 0.409. The minimum absolute atomic E-state index is 0.0151. The number of benzene rings is 1. The average Bonchev–Trinajstić information content (AvgIpc) is 3.28. The van der Waals surface area contributed by atoms with Gasteiger partial charge in [-0.2, -0.15) is 4.80 Å². The lowest BCUT2D eigenvalue weighted by molar-refractivity contribution is -0.121. The summed E-state index contributed by atoms with van der Waals surface area (Å²) in [5.74, 6) is 1.59. The summed E-state index contributed by atoms with van der Waals surface area (Å²) in [5.41, 5.74) is 1.99. The highest BCUT2D eigenvalue weighted by Crippen LogP contribution is 2.15. The Morgan fingerprint density at radius 2 is 1.90 bits per heavy atom. The van der Waals surface area contributed by atoms with Crippen LogP contribution < -0.4 is 10.2 Å². The first kappa shape index (κ1) is 20.9. The molecule has 0 aliphatic carbocycles. The maximum absolute atomic E-state index is 12.2. The lowest BCUT2D eigenvalue weighted by Crippen LogP contribution is -2.44. The van der Waals surface area contributed by atoms with Crippen LogP contribution in [0.15, 0.2) is 48.7 Å². The molecule has 0 atom stereocenters. The second kappa shape index (κ2) is 10.1. The number of anilines is 1. The van der Waals surface area contributed by atoms with Gasteiger partial charge in [0.25, 0.3) is 0 Å². The van der Waals surface area contributed by atoms with Crippen LogP contribution in [0.1, 0.15) is 18.4 Å². The van der Waals surface area contributed by atoms with Crippen LogP contribution in [0.3, 0.4) is 0 Å². The van der Waals surface area contributed by atoms with Crippen LogP contribution in [0.2, 0.25) is 0 Å². The molecule has 2 aromatic heterocycles. The van der Waals surface area contributed by atoms with Crippen molar-refractivity contribution in [2.75, 3.05) is 38.1 Å². The first-order chi connectivity index (χ1) is 15.2. The fourth-order valence-electron chi connectivity index (χ4n) is 3.49. The van der Waals surface area contributed by atoms with Gasteiger partial charge >= 0.3 is 0 Å². The van der Waals surface area contributed by atoms with E-state index < -0.39 is 0 Å². The Morgan fingerprint density at radius 3 is 2.71 bits per heavy atom. The lowest BCUT2D eigenvalue weighted by atomic mass is 10.2. The van der Waals surface area contributed by atoms with Gasteiger partial charge in [0.15, 0.2) is 0 Å². The van der Waals surface area contributed by atoms with E-state index in [-0.39, 0.29) is 5.91 Å². The maximum Gasteiger partial charge on any atom is 0.220 e. The van der Waals surface area contributed by atoms with Crippen LogP contribution >= 0.6 is 0 Å². The Kier molecular flexibility index (Phi) is 6.83. The number of tetrazole rings is 1. The van der Waals surface area contributed by atoms with Gasteiger partial charge < -0.3 is 15.1 Å². The van der Waals surface area contributed by atoms with Gasteiger partial charge in [-0.3, -0.25) is 4.79 Å². The number of carbonyl (C=O) groups excluding carboxylic acids is 1. The quantitative estimate of drug-likeness (QED) is 0.592. The molecule has 9 nitrogen and oxygen atoms in total. The van der Waals surface area contributed by atoms with Gasteiger partial charge in [0.2, 0.25) is 11.7 Å². The van der Waals surface area contributed by atoms with Crippen molar-refractivity contribution in [3.8, 4) is 11.4 Å². The van der Waals surface area contributed by atoms with Crippen molar-refractivity contribution in [2.24, 2.45) is 0 Å². The van der Waals surface area contributed by atoms with Crippen molar-refractivity contribution < 1.29 is 4.79 Å². The van der Waals surface area contributed by atoms with E-state index in [1.165, 1.54) is 0 Å². The molecule has 0 unspecified atom stereocenters. The van der Waals surface area contributed by atoms with Gasteiger partial charge in [-0.1, -0.05) is 30.3 Å². The third-order valence-corrected chi connectivity index (χ3v) is 5.37. The lowest BCUT2D eigenvalue weighted by Gasteiger charge is -2.33. The number of pyridine rings is 1. The monoisotopic (exact) mass is 420 g/mol. The molecule has 9 heteroatoms. The molecule has 162 valence electrons. The van der Waals surface area contributed by atoms with Crippen molar-refractivity contribution in [3.05, 3.63) is 54.2 Å². The minimum atomic E-state index is 0.0151. The molecule has 3 heterocycles. The summed E-state index contributed by atoms with van der Waals surface area (Å²) in [6, 6.07) is 13.7. The molecule has 1 aliphatic rings. The number of nitrogens with one attached hydrogen (secondary N) is 1. The van der Waals surface area contributed by atoms with Crippen molar-refractivity contribution in [2.45, 2.75) is 25.9 Å². The molecule has 1 amide bonds. The molecule has 1 aromatic carbocycles. The highest BCUT2D eigenvalue weighted by Gasteiger charge is 2.15. The summed E-state index contributed by atoms with van der Waals surface area (Å²) in [6.45, 7) is 5.08. The van der Waals surface area contributed by atoms with Crippen LogP contribution in [-0.2, 0) is 17.9 Å². The SMILES string of the molecule is CN1CCN(c2cc(CNC(=O)CCCn3nnc(-c4ccccc4)n3)ccn2)CC1. The van der Waals surface area contributed by atoms with Crippen molar-refractivity contribution in [3.63, 3.8) is 0 Å². The standard InChI is InChI=1S/C22H28N8O/c1-28-12-14-29(15-13-28)20-16-18(9-10-23-20)17-24-21(31)8-5-11-30-26-22(25-27-30)19-6-3-2-4-7-19/h2-4,6-7,9-10,16H,5,8,11-15,17H2,1H3,(H,24,31). The summed E-state index contributed by atoms with van der Waals surface area (Å²) in [5, 5.41) is 15.5. The van der Waals surface area contributed by atoms with E-state index in [0.717, 1.165) is 43.1 Å². The average molecular weight is 421 g/mol. The molecular weight excluding hydrogens is 392 g/mol. The summed E-state index contributed by atoms with van der Waals surface area (Å²) in [7, 11) is 2.14. The Hall–Kier alpha value is -3.33. The molecule has 0 spiro atoms. The molecule has 1 N–H and O–H groups in total. The molecule has 3 aromatic rings. The van der Waals surface area contributed by atoms with E-state index in [0.29, 0.717) is 31.8 Å². The van der Waals surface area contributed by atoms with Gasteiger partial charge in [0, 0.05) is 50.9 Å². The topological polar surface area (TPSA) is 92.1 Å².